The molecule has 1 aliphatic rings. The molecule has 0 spiro atoms. The van der Waals surface area contributed by atoms with E-state index < -0.39 is 0 Å². The summed E-state index contributed by atoms with van der Waals surface area (Å²) in [5, 5.41) is 12.3. The predicted octanol–water partition coefficient (Wildman–Crippen LogP) is 2.68. The van der Waals surface area contributed by atoms with Gasteiger partial charge in [0, 0.05) is 16.7 Å². The highest BCUT2D eigenvalue weighted by molar-refractivity contribution is 7.99. The molecule has 21 heavy (non-hydrogen) atoms. The van der Waals surface area contributed by atoms with Crippen LogP contribution in [0, 0.1) is 0 Å². The summed E-state index contributed by atoms with van der Waals surface area (Å²) in [5.41, 5.74) is 6.60. The Hall–Kier alpha value is -1.34. The third-order valence-electron chi connectivity index (χ3n) is 3.95. The first kappa shape index (κ1) is 14.6. The largest absolute Gasteiger partial charge is 0.397 e. The summed E-state index contributed by atoms with van der Waals surface area (Å²) in [5.74, 6) is -0.0820. The van der Waals surface area contributed by atoms with Crippen LogP contribution >= 0.6 is 23.1 Å². The van der Waals surface area contributed by atoms with Crippen LogP contribution in [0.5, 0.6) is 0 Å². The van der Waals surface area contributed by atoms with Crippen LogP contribution in [0.2, 0.25) is 0 Å². The molecule has 7 heteroatoms. The SMILES string of the molecule is CSC1CCCCC1NC(=O)c1sc2nnccc2c1N. The Kier molecular flexibility index (Phi) is 4.30. The van der Waals surface area contributed by atoms with Crippen molar-refractivity contribution in [2.24, 2.45) is 0 Å². The fourth-order valence-electron chi connectivity index (χ4n) is 2.82. The van der Waals surface area contributed by atoms with E-state index in [9.17, 15) is 4.79 Å². The lowest BCUT2D eigenvalue weighted by atomic mass is 9.95. The van der Waals surface area contributed by atoms with Gasteiger partial charge in [0.25, 0.3) is 5.91 Å². The molecule has 0 saturated heterocycles. The first-order valence-corrected chi connectivity index (χ1v) is 9.14. The van der Waals surface area contributed by atoms with E-state index in [-0.39, 0.29) is 11.9 Å². The fourth-order valence-corrected chi connectivity index (χ4v) is 4.70. The second-order valence-electron chi connectivity index (χ2n) is 5.23. The Labute approximate surface area is 131 Å². The van der Waals surface area contributed by atoms with Crippen molar-refractivity contribution in [1.82, 2.24) is 15.5 Å². The molecule has 2 unspecified atom stereocenters. The number of nitrogens with two attached hydrogens (primary N) is 1. The smallest absolute Gasteiger partial charge is 0.263 e. The molecule has 0 aromatic carbocycles. The van der Waals surface area contributed by atoms with Gasteiger partial charge in [0.2, 0.25) is 0 Å². The number of aromatic nitrogens is 2. The van der Waals surface area contributed by atoms with Crippen LogP contribution in [0.1, 0.15) is 35.4 Å². The molecule has 5 nitrogen and oxygen atoms in total. The number of carbonyl (C=O) groups is 1. The van der Waals surface area contributed by atoms with Crippen molar-refractivity contribution >= 4 is 44.9 Å². The summed E-state index contributed by atoms with van der Waals surface area (Å²) in [6.45, 7) is 0. The zero-order valence-electron chi connectivity index (χ0n) is 11.8. The van der Waals surface area contributed by atoms with E-state index in [2.05, 4.69) is 21.8 Å². The fraction of sp³-hybridized carbons (Fsp3) is 0.500. The van der Waals surface area contributed by atoms with Crippen molar-refractivity contribution in [1.29, 1.82) is 0 Å². The van der Waals surface area contributed by atoms with Crippen LogP contribution in [-0.2, 0) is 0 Å². The average molecular weight is 322 g/mol. The highest BCUT2D eigenvalue weighted by Crippen LogP contribution is 2.32. The van der Waals surface area contributed by atoms with Gasteiger partial charge in [0.15, 0.2) is 0 Å². The number of thioether (sulfide) groups is 1. The maximum Gasteiger partial charge on any atom is 0.263 e. The van der Waals surface area contributed by atoms with Gasteiger partial charge >= 0.3 is 0 Å². The maximum absolute atomic E-state index is 12.5. The number of nitrogens with zero attached hydrogens (tertiary/aromatic N) is 2. The van der Waals surface area contributed by atoms with Crippen molar-refractivity contribution in [2.45, 2.75) is 37.0 Å². The van der Waals surface area contributed by atoms with E-state index in [1.165, 1.54) is 30.6 Å². The number of hydrogen-bond donors (Lipinski definition) is 2. The van der Waals surface area contributed by atoms with E-state index in [1.54, 1.807) is 12.3 Å². The second-order valence-corrected chi connectivity index (χ2v) is 7.31. The average Bonchev–Trinajstić information content (AvgIpc) is 2.85. The van der Waals surface area contributed by atoms with Gasteiger partial charge in [-0.2, -0.15) is 16.9 Å². The maximum atomic E-state index is 12.5. The van der Waals surface area contributed by atoms with Gasteiger partial charge in [-0.05, 0) is 25.2 Å². The molecule has 1 amide bonds. The summed E-state index contributed by atoms with van der Waals surface area (Å²) in [4.78, 5) is 13.8. The van der Waals surface area contributed by atoms with Crippen LogP contribution in [0.4, 0.5) is 5.69 Å². The number of hydrogen-bond acceptors (Lipinski definition) is 6. The Balaban J connectivity index is 1.82. The van der Waals surface area contributed by atoms with E-state index in [1.807, 2.05) is 11.8 Å². The predicted molar refractivity (Wildman–Crippen MR) is 88.9 cm³/mol. The highest BCUT2D eigenvalue weighted by Gasteiger charge is 2.27. The van der Waals surface area contributed by atoms with Crippen molar-refractivity contribution in [3.05, 3.63) is 17.1 Å². The van der Waals surface area contributed by atoms with E-state index >= 15 is 0 Å². The number of thiophene rings is 1. The number of rotatable bonds is 3. The number of anilines is 1. The molecule has 2 heterocycles. The molecule has 2 aromatic rings. The first-order valence-electron chi connectivity index (χ1n) is 7.04. The van der Waals surface area contributed by atoms with Crippen LogP contribution in [0.15, 0.2) is 12.3 Å². The standard InChI is InChI=1S/C14H18N4OS2/c1-20-10-5-3-2-4-9(10)17-13(19)12-11(15)8-6-7-16-18-14(8)21-12/h6-7,9-10H,2-5,15H2,1H3,(H,17,19). The quantitative estimate of drug-likeness (QED) is 0.908. The van der Waals surface area contributed by atoms with Gasteiger partial charge in [-0.1, -0.05) is 12.8 Å². The second kappa shape index (κ2) is 6.19. The molecule has 3 N–H and O–H groups in total. The third kappa shape index (κ3) is 2.85. The minimum atomic E-state index is -0.0820. The third-order valence-corrected chi connectivity index (χ3v) is 6.22. The molecule has 2 aromatic heterocycles. The molecule has 1 saturated carbocycles. The molecular formula is C14H18N4OS2. The zero-order valence-corrected chi connectivity index (χ0v) is 13.5. The van der Waals surface area contributed by atoms with Gasteiger partial charge in [-0.3, -0.25) is 4.79 Å². The lowest BCUT2D eigenvalue weighted by molar-refractivity contribution is 0.0934. The molecule has 0 aliphatic heterocycles. The molecule has 2 atom stereocenters. The lowest BCUT2D eigenvalue weighted by Crippen LogP contribution is -2.43. The topological polar surface area (TPSA) is 80.9 Å². The first-order chi connectivity index (χ1) is 10.2. The summed E-state index contributed by atoms with van der Waals surface area (Å²) in [6.07, 6.45) is 8.34. The van der Waals surface area contributed by atoms with Crippen LogP contribution in [-0.4, -0.2) is 33.7 Å². The summed E-state index contributed by atoms with van der Waals surface area (Å²) < 4.78 is 0. The summed E-state index contributed by atoms with van der Waals surface area (Å²) in [7, 11) is 0. The number of carbonyl (C=O) groups excluding carboxylic acids is 1. The molecule has 1 aliphatic carbocycles. The Bertz CT molecular complexity index is 657. The van der Waals surface area contributed by atoms with Crippen LogP contribution in [0.3, 0.4) is 0 Å². The molecule has 0 radical (unpaired) electrons. The Morgan fingerprint density at radius 2 is 2.29 bits per heavy atom. The van der Waals surface area contributed by atoms with E-state index in [4.69, 9.17) is 5.73 Å². The number of amides is 1. The minimum Gasteiger partial charge on any atom is -0.397 e. The van der Waals surface area contributed by atoms with Crippen LogP contribution < -0.4 is 11.1 Å². The molecule has 3 rings (SSSR count). The normalized spacial score (nSPS) is 22.3. The summed E-state index contributed by atoms with van der Waals surface area (Å²) in [6, 6.07) is 2.04. The molecule has 0 bridgehead atoms. The monoisotopic (exact) mass is 322 g/mol. The van der Waals surface area contributed by atoms with Gasteiger partial charge in [-0.25, -0.2) is 0 Å². The highest BCUT2D eigenvalue weighted by atomic mass is 32.2. The Morgan fingerprint density at radius 1 is 1.48 bits per heavy atom. The molecule has 112 valence electrons. The lowest BCUT2D eigenvalue weighted by Gasteiger charge is -2.30. The Morgan fingerprint density at radius 3 is 3.05 bits per heavy atom. The van der Waals surface area contributed by atoms with Crippen molar-refractivity contribution in [3.8, 4) is 0 Å². The number of nitrogens with one attached hydrogen (secondary N) is 1. The minimum absolute atomic E-state index is 0.0820. The number of fused-ring (bicyclic) bond motifs is 1. The van der Waals surface area contributed by atoms with Gasteiger partial charge in [-0.15, -0.1) is 16.4 Å². The van der Waals surface area contributed by atoms with Gasteiger partial charge in [0.1, 0.15) is 9.71 Å². The van der Waals surface area contributed by atoms with E-state index in [0.29, 0.717) is 20.6 Å². The number of nitrogen functional groups attached to an aromatic ring is 1. The van der Waals surface area contributed by atoms with Gasteiger partial charge < -0.3 is 11.1 Å². The zero-order chi connectivity index (χ0) is 14.8. The summed E-state index contributed by atoms with van der Waals surface area (Å²) >= 11 is 3.15. The van der Waals surface area contributed by atoms with Crippen molar-refractivity contribution < 1.29 is 4.79 Å². The van der Waals surface area contributed by atoms with Crippen molar-refractivity contribution in [2.75, 3.05) is 12.0 Å². The van der Waals surface area contributed by atoms with Crippen LogP contribution in [0.25, 0.3) is 10.2 Å². The van der Waals surface area contributed by atoms with Gasteiger partial charge in [0.05, 0.1) is 11.9 Å². The molecular weight excluding hydrogens is 304 g/mol. The van der Waals surface area contributed by atoms with Crippen molar-refractivity contribution in [3.63, 3.8) is 0 Å². The van der Waals surface area contributed by atoms with E-state index in [0.717, 1.165) is 11.8 Å². The molecule has 1 fully saturated rings.